The highest BCUT2D eigenvalue weighted by Crippen LogP contribution is 2.19. The lowest BCUT2D eigenvalue weighted by atomic mass is 10.2. The SMILES string of the molecule is CCCNC(N)=NCc1nc(-c2cccc(Cl)c2)no1. The van der Waals surface area contributed by atoms with Crippen molar-refractivity contribution in [1.29, 1.82) is 0 Å². The van der Waals surface area contributed by atoms with Crippen molar-refractivity contribution in [3.63, 3.8) is 0 Å². The first-order valence-electron chi connectivity index (χ1n) is 6.31. The molecule has 0 atom stereocenters. The molecular weight excluding hydrogens is 278 g/mol. The van der Waals surface area contributed by atoms with Crippen molar-refractivity contribution < 1.29 is 4.52 Å². The average molecular weight is 294 g/mol. The fourth-order valence-corrected chi connectivity index (χ4v) is 1.72. The summed E-state index contributed by atoms with van der Waals surface area (Å²) >= 11 is 5.92. The number of nitrogens with one attached hydrogen (secondary N) is 1. The summed E-state index contributed by atoms with van der Waals surface area (Å²) in [5.41, 5.74) is 6.48. The first kappa shape index (κ1) is 14.3. The molecule has 2 rings (SSSR count). The van der Waals surface area contributed by atoms with Crippen molar-refractivity contribution >= 4 is 17.6 Å². The maximum absolute atomic E-state index is 5.92. The minimum absolute atomic E-state index is 0.246. The number of halogens is 1. The Bertz CT molecular complexity index is 596. The van der Waals surface area contributed by atoms with Gasteiger partial charge in [-0.1, -0.05) is 35.8 Å². The number of hydrogen-bond donors (Lipinski definition) is 2. The molecule has 1 heterocycles. The molecular formula is C13H16ClN5O. The third kappa shape index (κ3) is 3.96. The van der Waals surface area contributed by atoms with E-state index in [9.17, 15) is 0 Å². The summed E-state index contributed by atoms with van der Waals surface area (Å²) in [5.74, 6) is 1.26. The van der Waals surface area contributed by atoms with Crippen LogP contribution in [0.25, 0.3) is 11.4 Å². The largest absolute Gasteiger partial charge is 0.370 e. The molecule has 106 valence electrons. The standard InChI is InChI=1S/C13H16ClN5O/c1-2-6-16-13(15)17-8-11-18-12(19-20-11)9-4-3-5-10(14)7-9/h3-5,7H,2,6,8H2,1H3,(H3,15,16,17). The Balaban J connectivity index is 2.02. The molecule has 1 aromatic carbocycles. The number of hydrogen-bond acceptors (Lipinski definition) is 4. The summed E-state index contributed by atoms with van der Waals surface area (Å²) in [7, 11) is 0. The van der Waals surface area contributed by atoms with Crippen LogP contribution < -0.4 is 11.1 Å². The molecule has 0 fully saturated rings. The van der Waals surface area contributed by atoms with Crippen LogP contribution in [0.5, 0.6) is 0 Å². The number of nitrogens with two attached hydrogens (primary N) is 1. The maximum Gasteiger partial charge on any atom is 0.248 e. The Morgan fingerprint density at radius 2 is 2.35 bits per heavy atom. The van der Waals surface area contributed by atoms with Crippen LogP contribution in [0.1, 0.15) is 19.2 Å². The summed E-state index contributed by atoms with van der Waals surface area (Å²) < 4.78 is 5.12. The van der Waals surface area contributed by atoms with Crippen LogP contribution in [0.3, 0.4) is 0 Å². The van der Waals surface area contributed by atoms with Gasteiger partial charge in [-0.2, -0.15) is 4.98 Å². The van der Waals surface area contributed by atoms with Crippen molar-refractivity contribution in [2.24, 2.45) is 10.7 Å². The Kier molecular flexibility index (Phi) is 4.95. The molecule has 2 aromatic rings. The van der Waals surface area contributed by atoms with Gasteiger partial charge in [0.2, 0.25) is 11.7 Å². The number of aromatic nitrogens is 2. The molecule has 0 saturated heterocycles. The highest BCUT2D eigenvalue weighted by molar-refractivity contribution is 6.30. The van der Waals surface area contributed by atoms with Crippen LogP contribution in [0, 0.1) is 0 Å². The topological polar surface area (TPSA) is 89.3 Å². The van der Waals surface area contributed by atoms with Crippen LogP contribution in [-0.2, 0) is 6.54 Å². The second-order valence-electron chi connectivity index (χ2n) is 4.15. The molecule has 0 aliphatic carbocycles. The third-order valence-electron chi connectivity index (χ3n) is 2.49. The maximum atomic E-state index is 5.92. The van der Waals surface area contributed by atoms with Crippen LogP contribution in [-0.4, -0.2) is 22.6 Å². The quantitative estimate of drug-likeness (QED) is 0.651. The second kappa shape index (κ2) is 6.91. The lowest BCUT2D eigenvalue weighted by molar-refractivity contribution is 0.381. The fourth-order valence-electron chi connectivity index (χ4n) is 1.53. The van der Waals surface area contributed by atoms with Crippen molar-refractivity contribution in [1.82, 2.24) is 15.5 Å². The van der Waals surface area contributed by atoms with Crippen LogP contribution in [0.15, 0.2) is 33.8 Å². The van der Waals surface area contributed by atoms with Gasteiger partial charge in [0.05, 0.1) is 0 Å². The summed E-state index contributed by atoms with van der Waals surface area (Å²) in [6, 6.07) is 7.26. The van der Waals surface area contributed by atoms with Gasteiger partial charge >= 0.3 is 0 Å². The predicted molar refractivity (Wildman–Crippen MR) is 78.4 cm³/mol. The molecule has 0 aliphatic heterocycles. The monoisotopic (exact) mass is 293 g/mol. The molecule has 0 unspecified atom stereocenters. The second-order valence-corrected chi connectivity index (χ2v) is 4.59. The number of rotatable bonds is 5. The van der Waals surface area contributed by atoms with Gasteiger partial charge in [-0.3, -0.25) is 0 Å². The zero-order chi connectivity index (χ0) is 14.4. The van der Waals surface area contributed by atoms with Crippen LogP contribution in [0.2, 0.25) is 5.02 Å². The average Bonchev–Trinajstić information content (AvgIpc) is 2.92. The Hall–Kier alpha value is -2.08. The van der Waals surface area contributed by atoms with Crippen LogP contribution in [0.4, 0.5) is 0 Å². The summed E-state index contributed by atoms with van der Waals surface area (Å²) in [4.78, 5) is 8.36. The molecule has 6 nitrogen and oxygen atoms in total. The van der Waals surface area contributed by atoms with Gasteiger partial charge in [0.15, 0.2) is 5.96 Å². The van der Waals surface area contributed by atoms with E-state index < -0.39 is 0 Å². The summed E-state index contributed by atoms with van der Waals surface area (Å²) in [6.07, 6.45) is 0.982. The van der Waals surface area contributed by atoms with E-state index in [0.717, 1.165) is 18.5 Å². The molecule has 0 spiro atoms. The van der Waals surface area contributed by atoms with Crippen molar-refractivity contribution in [3.8, 4) is 11.4 Å². The fraction of sp³-hybridized carbons (Fsp3) is 0.308. The summed E-state index contributed by atoms with van der Waals surface area (Å²) in [5, 5.41) is 7.49. The normalized spacial score (nSPS) is 11.6. The zero-order valence-corrected chi connectivity index (χ0v) is 11.9. The number of nitrogens with zero attached hydrogens (tertiary/aromatic N) is 3. The van der Waals surface area contributed by atoms with E-state index in [1.165, 1.54) is 0 Å². The van der Waals surface area contributed by atoms with E-state index in [-0.39, 0.29) is 6.54 Å². The van der Waals surface area contributed by atoms with Gasteiger partial charge in [0, 0.05) is 17.1 Å². The molecule has 3 N–H and O–H groups in total. The number of benzene rings is 1. The minimum atomic E-state index is 0.246. The van der Waals surface area contributed by atoms with Crippen molar-refractivity contribution in [2.45, 2.75) is 19.9 Å². The van der Waals surface area contributed by atoms with Gasteiger partial charge in [0.25, 0.3) is 0 Å². The van der Waals surface area contributed by atoms with E-state index in [0.29, 0.717) is 22.7 Å². The Labute approximate surface area is 122 Å². The van der Waals surface area contributed by atoms with Gasteiger partial charge in [-0.15, -0.1) is 0 Å². The lowest BCUT2D eigenvalue weighted by Gasteiger charge is -2.01. The number of aliphatic imine (C=N–C) groups is 1. The first-order chi connectivity index (χ1) is 9.69. The van der Waals surface area contributed by atoms with E-state index in [2.05, 4.69) is 27.4 Å². The van der Waals surface area contributed by atoms with E-state index in [1.807, 2.05) is 12.1 Å². The smallest absolute Gasteiger partial charge is 0.248 e. The molecule has 7 heteroatoms. The lowest BCUT2D eigenvalue weighted by Crippen LogP contribution is -2.32. The molecule has 0 bridgehead atoms. The predicted octanol–water partition coefficient (Wildman–Crippen LogP) is 2.20. The Morgan fingerprint density at radius 3 is 3.10 bits per heavy atom. The number of guanidine groups is 1. The van der Waals surface area contributed by atoms with Gasteiger partial charge in [0.1, 0.15) is 6.54 Å². The molecule has 0 amide bonds. The zero-order valence-electron chi connectivity index (χ0n) is 11.1. The van der Waals surface area contributed by atoms with Gasteiger partial charge < -0.3 is 15.6 Å². The van der Waals surface area contributed by atoms with Gasteiger partial charge in [-0.25, -0.2) is 4.99 Å². The highest BCUT2D eigenvalue weighted by Gasteiger charge is 2.08. The van der Waals surface area contributed by atoms with Crippen molar-refractivity contribution in [3.05, 3.63) is 35.2 Å². The molecule has 20 heavy (non-hydrogen) atoms. The molecule has 0 aliphatic rings. The van der Waals surface area contributed by atoms with E-state index in [4.69, 9.17) is 21.9 Å². The molecule has 1 aromatic heterocycles. The van der Waals surface area contributed by atoms with Crippen LogP contribution >= 0.6 is 11.6 Å². The van der Waals surface area contributed by atoms with Crippen molar-refractivity contribution in [2.75, 3.05) is 6.54 Å². The van der Waals surface area contributed by atoms with E-state index >= 15 is 0 Å². The molecule has 0 saturated carbocycles. The Morgan fingerprint density at radius 1 is 1.50 bits per heavy atom. The first-order valence-corrected chi connectivity index (χ1v) is 6.69. The summed E-state index contributed by atoms with van der Waals surface area (Å²) in [6.45, 7) is 3.08. The van der Waals surface area contributed by atoms with E-state index in [1.54, 1.807) is 12.1 Å². The molecule has 0 radical (unpaired) electrons. The third-order valence-corrected chi connectivity index (χ3v) is 2.73. The van der Waals surface area contributed by atoms with Gasteiger partial charge in [-0.05, 0) is 18.6 Å². The minimum Gasteiger partial charge on any atom is -0.370 e. The highest BCUT2D eigenvalue weighted by atomic mass is 35.5.